The molecule has 1 saturated carbocycles. The second-order valence-electron chi connectivity index (χ2n) is 4.06. The standard InChI is InChI=1S/C12H12N2O2/c1-8-5-10(12(7-13)3-4-12)9(6-14-8)11(15)16-2/h5-6H,3-4H2,1-2H3. The van der Waals surface area contributed by atoms with Crippen molar-refractivity contribution in [2.45, 2.75) is 25.2 Å². The van der Waals surface area contributed by atoms with Gasteiger partial charge >= 0.3 is 5.97 Å². The lowest BCUT2D eigenvalue weighted by Crippen LogP contribution is -2.13. The van der Waals surface area contributed by atoms with Gasteiger partial charge in [0.25, 0.3) is 0 Å². The molecule has 1 aromatic rings. The van der Waals surface area contributed by atoms with E-state index in [1.165, 1.54) is 13.3 Å². The molecule has 82 valence electrons. The van der Waals surface area contributed by atoms with Gasteiger partial charge in [0.05, 0.1) is 24.2 Å². The van der Waals surface area contributed by atoms with Crippen LogP contribution in [0, 0.1) is 18.3 Å². The van der Waals surface area contributed by atoms with E-state index in [9.17, 15) is 4.79 Å². The molecule has 0 N–H and O–H groups in total. The molecular formula is C12H12N2O2. The van der Waals surface area contributed by atoms with E-state index in [4.69, 9.17) is 10.00 Å². The minimum absolute atomic E-state index is 0.409. The number of esters is 1. The van der Waals surface area contributed by atoms with Crippen molar-refractivity contribution >= 4 is 5.97 Å². The zero-order chi connectivity index (χ0) is 11.8. The molecule has 0 saturated heterocycles. The van der Waals surface area contributed by atoms with Crippen LogP contribution in [0.1, 0.15) is 34.5 Å². The fourth-order valence-electron chi connectivity index (χ4n) is 1.79. The van der Waals surface area contributed by atoms with Gasteiger partial charge in [-0.25, -0.2) is 4.79 Å². The van der Waals surface area contributed by atoms with Crippen molar-refractivity contribution in [1.82, 2.24) is 4.98 Å². The van der Waals surface area contributed by atoms with E-state index in [1.807, 2.05) is 13.0 Å². The predicted octanol–water partition coefficient (Wildman–Crippen LogP) is 1.73. The maximum absolute atomic E-state index is 11.6. The topological polar surface area (TPSA) is 63.0 Å². The Bertz CT molecular complexity index is 484. The predicted molar refractivity (Wildman–Crippen MR) is 56.8 cm³/mol. The maximum Gasteiger partial charge on any atom is 0.339 e. The van der Waals surface area contributed by atoms with Crippen molar-refractivity contribution in [3.63, 3.8) is 0 Å². The van der Waals surface area contributed by atoms with Gasteiger partial charge in [-0.1, -0.05) is 0 Å². The van der Waals surface area contributed by atoms with Crippen molar-refractivity contribution in [2.24, 2.45) is 0 Å². The fourth-order valence-corrected chi connectivity index (χ4v) is 1.79. The van der Waals surface area contributed by atoms with Crippen LogP contribution in [0.3, 0.4) is 0 Å². The molecule has 1 aliphatic rings. The summed E-state index contributed by atoms with van der Waals surface area (Å²) < 4.78 is 4.70. The lowest BCUT2D eigenvalue weighted by Gasteiger charge is -2.11. The average molecular weight is 216 g/mol. The third-order valence-corrected chi connectivity index (χ3v) is 2.93. The minimum atomic E-state index is -0.489. The molecule has 0 aliphatic heterocycles. The van der Waals surface area contributed by atoms with Gasteiger partial charge in [-0.15, -0.1) is 0 Å². The number of aromatic nitrogens is 1. The number of rotatable bonds is 2. The fraction of sp³-hybridized carbons (Fsp3) is 0.417. The SMILES string of the molecule is COC(=O)c1cnc(C)cc1C1(C#N)CC1. The van der Waals surface area contributed by atoms with Crippen LogP contribution < -0.4 is 0 Å². The summed E-state index contributed by atoms with van der Waals surface area (Å²) in [6, 6.07) is 4.09. The van der Waals surface area contributed by atoms with Gasteiger partial charge in [0.1, 0.15) is 0 Å². The molecule has 1 fully saturated rings. The number of ether oxygens (including phenoxy) is 1. The average Bonchev–Trinajstić information content (AvgIpc) is 3.09. The summed E-state index contributed by atoms with van der Waals surface area (Å²) in [5.41, 5.74) is 1.49. The molecule has 0 atom stereocenters. The Morgan fingerprint density at radius 3 is 2.81 bits per heavy atom. The lowest BCUT2D eigenvalue weighted by molar-refractivity contribution is 0.0598. The largest absolute Gasteiger partial charge is 0.465 e. The smallest absolute Gasteiger partial charge is 0.339 e. The van der Waals surface area contributed by atoms with Crippen LogP contribution in [-0.4, -0.2) is 18.1 Å². The van der Waals surface area contributed by atoms with E-state index < -0.39 is 11.4 Å². The number of nitriles is 1. The second kappa shape index (κ2) is 3.60. The van der Waals surface area contributed by atoms with Crippen LogP contribution >= 0.6 is 0 Å². The van der Waals surface area contributed by atoms with E-state index in [0.29, 0.717) is 5.56 Å². The van der Waals surface area contributed by atoms with E-state index in [0.717, 1.165) is 24.1 Å². The zero-order valence-electron chi connectivity index (χ0n) is 9.28. The molecule has 1 aliphatic carbocycles. The third-order valence-electron chi connectivity index (χ3n) is 2.93. The quantitative estimate of drug-likeness (QED) is 0.706. The molecule has 2 rings (SSSR count). The summed E-state index contributed by atoms with van der Waals surface area (Å²) in [6.07, 6.45) is 3.10. The summed E-state index contributed by atoms with van der Waals surface area (Å²) in [4.78, 5) is 15.6. The molecule has 0 unspecified atom stereocenters. The Kier molecular flexibility index (Phi) is 2.39. The Morgan fingerprint density at radius 1 is 1.62 bits per heavy atom. The number of hydrogen-bond donors (Lipinski definition) is 0. The van der Waals surface area contributed by atoms with Crippen molar-refractivity contribution in [2.75, 3.05) is 7.11 Å². The van der Waals surface area contributed by atoms with E-state index in [2.05, 4.69) is 11.1 Å². The Hall–Kier alpha value is -1.89. The number of pyridine rings is 1. The normalized spacial score (nSPS) is 16.3. The highest BCUT2D eigenvalue weighted by atomic mass is 16.5. The molecule has 1 heterocycles. The zero-order valence-corrected chi connectivity index (χ0v) is 9.28. The number of nitrogens with zero attached hydrogens (tertiary/aromatic N) is 2. The van der Waals surface area contributed by atoms with Crippen LogP contribution in [0.15, 0.2) is 12.3 Å². The minimum Gasteiger partial charge on any atom is -0.465 e. The third kappa shape index (κ3) is 1.54. The highest BCUT2D eigenvalue weighted by Crippen LogP contribution is 2.48. The number of aryl methyl sites for hydroxylation is 1. The summed E-state index contributed by atoms with van der Waals surface area (Å²) in [5, 5.41) is 9.16. The van der Waals surface area contributed by atoms with Crippen molar-refractivity contribution in [3.05, 3.63) is 29.1 Å². The van der Waals surface area contributed by atoms with E-state index >= 15 is 0 Å². The molecule has 1 aromatic heterocycles. The van der Waals surface area contributed by atoms with Gasteiger partial charge in [0.2, 0.25) is 0 Å². The van der Waals surface area contributed by atoms with Gasteiger partial charge in [0, 0.05) is 11.9 Å². The first-order valence-corrected chi connectivity index (χ1v) is 5.10. The van der Waals surface area contributed by atoms with Crippen molar-refractivity contribution in [3.8, 4) is 6.07 Å². The number of carbonyl (C=O) groups is 1. The van der Waals surface area contributed by atoms with E-state index in [1.54, 1.807) is 0 Å². The van der Waals surface area contributed by atoms with Crippen molar-refractivity contribution < 1.29 is 9.53 Å². The lowest BCUT2D eigenvalue weighted by atomic mass is 9.93. The molecule has 0 aromatic carbocycles. The highest BCUT2D eigenvalue weighted by molar-refractivity contribution is 5.91. The summed E-state index contributed by atoms with van der Waals surface area (Å²) >= 11 is 0. The highest BCUT2D eigenvalue weighted by Gasteiger charge is 2.47. The van der Waals surface area contributed by atoms with Gasteiger partial charge in [0.15, 0.2) is 0 Å². The van der Waals surface area contributed by atoms with Gasteiger partial charge in [-0.3, -0.25) is 4.98 Å². The van der Waals surface area contributed by atoms with Crippen LogP contribution in [0.2, 0.25) is 0 Å². The first-order valence-electron chi connectivity index (χ1n) is 5.10. The molecule has 0 amide bonds. The van der Waals surface area contributed by atoms with Crippen LogP contribution in [-0.2, 0) is 10.2 Å². The van der Waals surface area contributed by atoms with Gasteiger partial charge in [-0.2, -0.15) is 5.26 Å². The number of hydrogen-bond acceptors (Lipinski definition) is 4. The number of carbonyl (C=O) groups excluding carboxylic acids is 1. The first kappa shape index (κ1) is 10.6. The monoisotopic (exact) mass is 216 g/mol. The molecular weight excluding hydrogens is 204 g/mol. The van der Waals surface area contributed by atoms with Gasteiger partial charge in [-0.05, 0) is 31.4 Å². The summed E-state index contributed by atoms with van der Waals surface area (Å²) in [6.45, 7) is 1.85. The summed E-state index contributed by atoms with van der Waals surface area (Å²) in [5.74, 6) is -0.427. The van der Waals surface area contributed by atoms with Crippen LogP contribution in [0.25, 0.3) is 0 Å². The molecule has 0 radical (unpaired) electrons. The molecule has 0 bridgehead atoms. The summed E-state index contributed by atoms with van der Waals surface area (Å²) in [7, 11) is 1.33. The number of methoxy groups -OCH3 is 1. The van der Waals surface area contributed by atoms with E-state index in [-0.39, 0.29) is 0 Å². The van der Waals surface area contributed by atoms with Crippen LogP contribution in [0.4, 0.5) is 0 Å². The Labute approximate surface area is 93.9 Å². The first-order chi connectivity index (χ1) is 7.63. The molecule has 4 heteroatoms. The molecule has 16 heavy (non-hydrogen) atoms. The maximum atomic E-state index is 11.6. The van der Waals surface area contributed by atoms with Crippen LogP contribution in [0.5, 0.6) is 0 Å². The molecule has 4 nitrogen and oxygen atoms in total. The van der Waals surface area contributed by atoms with Crippen molar-refractivity contribution in [1.29, 1.82) is 5.26 Å². The Morgan fingerprint density at radius 2 is 2.31 bits per heavy atom. The molecule has 0 spiro atoms. The van der Waals surface area contributed by atoms with Gasteiger partial charge < -0.3 is 4.74 Å². The Balaban J connectivity index is 2.54. The second-order valence-corrected chi connectivity index (χ2v) is 4.06.